The van der Waals surface area contributed by atoms with Crippen molar-refractivity contribution in [2.75, 3.05) is 13.2 Å². The average Bonchev–Trinajstić information content (AvgIpc) is 3.75. The van der Waals surface area contributed by atoms with Crippen LogP contribution in [-0.2, 0) is 33.8 Å². The first-order valence-corrected chi connectivity index (χ1v) is 21.3. The fourth-order valence-corrected chi connectivity index (χ4v) is 9.57. The molecule has 3 aromatic rings. The molecule has 0 radical (unpaired) electrons. The minimum Gasteiger partial charge on any atom is -0.489 e. The summed E-state index contributed by atoms with van der Waals surface area (Å²) in [4.78, 5) is 64.5. The van der Waals surface area contributed by atoms with Crippen LogP contribution in [0.2, 0.25) is 0 Å². The van der Waals surface area contributed by atoms with Crippen molar-refractivity contribution < 1.29 is 33.4 Å². The Balaban J connectivity index is 1.10. The quantitative estimate of drug-likeness (QED) is 0.0644. The van der Waals surface area contributed by atoms with Crippen molar-refractivity contribution in [1.82, 2.24) is 10.2 Å². The van der Waals surface area contributed by atoms with Gasteiger partial charge in [0.05, 0.1) is 16.4 Å². The van der Waals surface area contributed by atoms with Crippen LogP contribution in [0.15, 0.2) is 59.2 Å². The van der Waals surface area contributed by atoms with E-state index >= 15 is 0 Å². The lowest BCUT2D eigenvalue weighted by molar-refractivity contribution is -0.140. The lowest BCUT2D eigenvalue weighted by Crippen LogP contribution is -2.42. The first kappa shape index (κ1) is 42.3. The average molecular weight is 816 g/mol. The van der Waals surface area contributed by atoms with Gasteiger partial charge in [-0.3, -0.25) is 24.5 Å². The summed E-state index contributed by atoms with van der Waals surface area (Å²) in [6.07, 6.45) is 5.66. The molecule has 3 aliphatic rings. The van der Waals surface area contributed by atoms with Gasteiger partial charge >= 0.3 is 5.97 Å². The zero-order valence-corrected chi connectivity index (χ0v) is 35.4. The predicted molar refractivity (Wildman–Crippen MR) is 224 cm³/mol. The molecule has 0 bridgehead atoms. The van der Waals surface area contributed by atoms with Gasteiger partial charge in [-0.15, -0.1) is 4.91 Å². The summed E-state index contributed by atoms with van der Waals surface area (Å²) in [6, 6.07) is 17.4. The second kappa shape index (κ2) is 17.6. The molecule has 13 heteroatoms. The Bertz CT molecular complexity index is 2000. The maximum Gasteiger partial charge on any atom is 0.311 e. The van der Waals surface area contributed by atoms with Gasteiger partial charge in [0.2, 0.25) is 11.8 Å². The number of amides is 3. The normalized spacial score (nSPS) is 20.0. The molecule has 57 heavy (non-hydrogen) atoms. The molecule has 1 N–H and O–H groups in total. The van der Waals surface area contributed by atoms with E-state index in [1.54, 1.807) is 4.90 Å². The van der Waals surface area contributed by atoms with Gasteiger partial charge in [0.1, 0.15) is 29.5 Å². The number of esters is 1. The highest BCUT2D eigenvalue weighted by molar-refractivity contribution is 8.15. The van der Waals surface area contributed by atoms with Gasteiger partial charge in [0.25, 0.3) is 5.24 Å². The number of nitrogens with zero attached hydrogens (tertiary/aromatic N) is 2. The minimum absolute atomic E-state index is 0.0426. The number of rotatable bonds is 16. The zero-order chi connectivity index (χ0) is 41.0. The number of imide groups is 1. The number of nitrogens with one attached hydrogen (secondary N) is 1. The largest absolute Gasteiger partial charge is 0.489 e. The van der Waals surface area contributed by atoms with Crippen molar-refractivity contribution in [2.45, 2.75) is 121 Å². The van der Waals surface area contributed by atoms with Crippen LogP contribution in [0, 0.1) is 31.1 Å². The third-order valence-electron chi connectivity index (χ3n) is 11.6. The molecule has 0 aromatic heterocycles. The van der Waals surface area contributed by atoms with Gasteiger partial charge < -0.3 is 19.1 Å². The Kier molecular flexibility index (Phi) is 13.1. The zero-order valence-electron chi connectivity index (χ0n) is 33.7. The van der Waals surface area contributed by atoms with Gasteiger partial charge in [0, 0.05) is 41.6 Å². The molecule has 2 heterocycles. The topological polar surface area (TPSA) is 141 Å². The molecule has 304 valence electrons. The summed E-state index contributed by atoms with van der Waals surface area (Å²) in [5.74, 6) is 1.40. The van der Waals surface area contributed by atoms with Crippen LogP contribution in [0.25, 0.3) is 0 Å². The number of hydrogen-bond acceptors (Lipinski definition) is 11. The van der Waals surface area contributed by atoms with Crippen LogP contribution in [0.4, 0.5) is 4.79 Å². The summed E-state index contributed by atoms with van der Waals surface area (Å²) in [6.45, 7) is 12.8. The van der Waals surface area contributed by atoms with Gasteiger partial charge in [-0.05, 0) is 119 Å². The number of fused-ring (bicyclic) bond motifs is 1. The van der Waals surface area contributed by atoms with Crippen LogP contribution < -0.4 is 19.5 Å². The van der Waals surface area contributed by atoms with Crippen molar-refractivity contribution in [2.24, 2.45) is 10.00 Å². The van der Waals surface area contributed by atoms with Crippen molar-refractivity contribution in [3.63, 3.8) is 0 Å². The maximum atomic E-state index is 14.1. The van der Waals surface area contributed by atoms with Crippen LogP contribution in [-0.4, -0.2) is 56.7 Å². The fraction of sp³-hybridized carbons (Fsp3) is 0.500. The third kappa shape index (κ3) is 10.4. The molecule has 0 spiro atoms. The Morgan fingerprint density at radius 1 is 0.965 bits per heavy atom. The van der Waals surface area contributed by atoms with E-state index in [4.69, 9.17) is 14.2 Å². The number of thioether (sulfide) groups is 1. The predicted octanol–water partition coefficient (Wildman–Crippen LogP) is 9.14. The molecule has 2 unspecified atom stereocenters. The highest BCUT2D eigenvalue weighted by atomic mass is 32.2. The van der Waals surface area contributed by atoms with E-state index in [-0.39, 0.29) is 35.9 Å². The van der Waals surface area contributed by atoms with E-state index in [9.17, 15) is 24.1 Å². The number of carbonyl (C=O) groups is 4. The van der Waals surface area contributed by atoms with Crippen molar-refractivity contribution in [3.05, 3.63) is 92.9 Å². The van der Waals surface area contributed by atoms with Gasteiger partial charge in [-0.2, -0.15) is 0 Å². The van der Waals surface area contributed by atoms with Gasteiger partial charge in [-0.25, -0.2) is 0 Å². The van der Waals surface area contributed by atoms with Crippen LogP contribution in [0.5, 0.6) is 17.2 Å². The molecular formula is C44H53N3O8S2. The molecular weight excluding hydrogens is 763 g/mol. The summed E-state index contributed by atoms with van der Waals surface area (Å²) in [5, 5.41) is 1.60. The smallest absolute Gasteiger partial charge is 0.311 e. The second-order valence-corrected chi connectivity index (χ2v) is 19.4. The van der Waals surface area contributed by atoms with E-state index in [1.807, 2.05) is 96.1 Å². The molecule has 6 rings (SSSR count). The highest BCUT2D eigenvalue weighted by Gasteiger charge is 2.41. The molecule has 2 aliphatic heterocycles. The summed E-state index contributed by atoms with van der Waals surface area (Å²) in [5.41, 5.74) is 4.48. The molecule has 11 nitrogen and oxygen atoms in total. The molecule has 1 saturated carbocycles. The van der Waals surface area contributed by atoms with Gasteiger partial charge in [0.15, 0.2) is 0 Å². The van der Waals surface area contributed by atoms with Crippen molar-refractivity contribution in [3.8, 4) is 17.2 Å². The van der Waals surface area contributed by atoms with E-state index in [1.165, 1.54) is 0 Å². The Labute approximate surface area is 343 Å². The summed E-state index contributed by atoms with van der Waals surface area (Å²) >= 11 is 1.95. The van der Waals surface area contributed by atoms with Crippen molar-refractivity contribution >= 4 is 46.7 Å². The SMILES string of the molecule is Cc1c(C)c2c(c(C)c1OC(=O)CC1(CC(=O)N(Cc3ccccc3)CC(C)(C)SN=O)CCCC1)CCC(C)(COc1ccc(CC3SC(=O)NC3=O)cc1)O2. The first-order valence-electron chi connectivity index (χ1n) is 19.7. The highest BCUT2D eigenvalue weighted by Crippen LogP contribution is 2.47. The molecule has 3 aromatic carbocycles. The number of benzene rings is 3. The molecule has 2 fully saturated rings. The van der Waals surface area contributed by atoms with E-state index < -0.39 is 21.0 Å². The number of hydrogen-bond donors (Lipinski definition) is 1. The lowest BCUT2D eigenvalue weighted by Gasteiger charge is -2.38. The monoisotopic (exact) mass is 815 g/mol. The maximum absolute atomic E-state index is 14.1. The molecule has 2 atom stereocenters. The molecule has 1 saturated heterocycles. The number of nitroso groups, excluding NO2 is 1. The number of ether oxygens (including phenoxy) is 3. The Morgan fingerprint density at radius 2 is 1.67 bits per heavy atom. The first-order chi connectivity index (χ1) is 27.1. The molecule has 3 amide bonds. The van der Waals surface area contributed by atoms with Crippen LogP contribution in [0.3, 0.4) is 0 Å². The standard InChI is InChI=1S/C44H53N3O8S2/c1-28-29(2)39-34(18-21-43(6,55-39)27-53-33-16-14-31(15-17-33)22-35-40(50)45-41(51)56-35)30(3)38(28)54-37(49)24-44(19-10-11-20-44)23-36(48)47(26-42(4,5)57-46-52)25-32-12-8-7-9-13-32/h7-9,12-17,35H,10-11,18-27H2,1-6H3,(H,45,50,51). The molecule has 1 aliphatic carbocycles. The minimum atomic E-state index is -0.597. The Hall–Kier alpha value is -4.36. The third-order valence-corrected chi connectivity index (χ3v) is 13.2. The van der Waals surface area contributed by atoms with Gasteiger partial charge in [-0.1, -0.05) is 67.1 Å². The fourth-order valence-electron chi connectivity index (χ4n) is 8.29. The summed E-state index contributed by atoms with van der Waals surface area (Å²) < 4.78 is 21.6. The second-order valence-electron chi connectivity index (χ2n) is 16.8. The van der Waals surface area contributed by atoms with E-state index in [2.05, 4.69) is 9.90 Å². The summed E-state index contributed by atoms with van der Waals surface area (Å²) in [7, 11) is 0. The van der Waals surface area contributed by atoms with Crippen LogP contribution >= 0.6 is 23.7 Å². The van der Waals surface area contributed by atoms with Crippen LogP contribution in [0.1, 0.15) is 99.1 Å². The van der Waals surface area contributed by atoms with E-state index in [0.29, 0.717) is 44.0 Å². The van der Waals surface area contributed by atoms with Crippen molar-refractivity contribution in [1.29, 1.82) is 0 Å². The lowest BCUT2D eigenvalue weighted by atomic mass is 9.79. The number of carbonyl (C=O) groups excluding carboxylic acids is 4. The van der Waals surface area contributed by atoms with E-state index in [0.717, 1.165) is 94.9 Å². The Morgan fingerprint density at radius 3 is 2.32 bits per heavy atom.